The van der Waals surface area contributed by atoms with Gasteiger partial charge in [-0.25, -0.2) is 4.98 Å². The summed E-state index contributed by atoms with van der Waals surface area (Å²) in [5, 5.41) is 7.74. The summed E-state index contributed by atoms with van der Waals surface area (Å²) in [4.78, 5) is 5.24. The van der Waals surface area contributed by atoms with Crippen LogP contribution >= 0.6 is 7.14 Å². The largest absolute Gasteiger partial charge is 0.455 e. The van der Waals surface area contributed by atoms with Crippen molar-refractivity contribution in [2.75, 3.05) is 0 Å². The van der Waals surface area contributed by atoms with Gasteiger partial charge in [-0.05, 0) is 29.8 Å². The van der Waals surface area contributed by atoms with Crippen LogP contribution in [0.15, 0.2) is 174 Å². The standard InChI is InChI=1S/C43H28NO2P/c45-47(31-18-6-2-7-19-31,32-20-8-3-9-21-32)33-22-14-17-30(27-33)36-28-37-40(41-35-24-11-13-26-39(35)46-43(36)41)34-23-10-12-25-38(34)44-42(37)29-15-4-1-5-16-29/h1-28H. The van der Waals surface area contributed by atoms with Gasteiger partial charge in [0, 0.05) is 54.0 Å². The van der Waals surface area contributed by atoms with Crippen molar-refractivity contribution in [3.63, 3.8) is 0 Å². The van der Waals surface area contributed by atoms with Crippen molar-refractivity contribution in [3.05, 3.63) is 170 Å². The van der Waals surface area contributed by atoms with E-state index in [2.05, 4.69) is 72.8 Å². The normalized spacial score (nSPS) is 11.9. The Morgan fingerprint density at radius 1 is 0.468 bits per heavy atom. The molecule has 2 aromatic heterocycles. The average molecular weight is 622 g/mol. The first-order chi connectivity index (χ1) is 23.2. The van der Waals surface area contributed by atoms with Crippen LogP contribution in [0.2, 0.25) is 0 Å². The molecule has 0 bridgehead atoms. The first kappa shape index (κ1) is 27.5. The van der Waals surface area contributed by atoms with E-state index >= 15 is 4.57 Å². The molecule has 9 rings (SSSR count). The highest BCUT2D eigenvalue weighted by molar-refractivity contribution is 7.85. The summed E-state index contributed by atoms with van der Waals surface area (Å²) >= 11 is 0. The van der Waals surface area contributed by atoms with Crippen LogP contribution in [0.5, 0.6) is 0 Å². The average Bonchev–Trinajstić information content (AvgIpc) is 3.54. The molecule has 0 aliphatic rings. The molecular weight excluding hydrogens is 593 g/mol. The molecule has 47 heavy (non-hydrogen) atoms. The second kappa shape index (κ2) is 10.9. The van der Waals surface area contributed by atoms with Crippen molar-refractivity contribution in [1.82, 2.24) is 4.98 Å². The fraction of sp³-hybridized carbons (Fsp3) is 0. The maximum atomic E-state index is 15.4. The highest BCUT2D eigenvalue weighted by atomic mass is 31.2. The van der Waals surface area contributed by atoms with Gasteiger partial charge < -0.3 is 8.98 Å². The van der Waals surface area contributed by atoms with E-state index in [0.29, 0.717) is 0 Å². The van der Waals surface area contributed by atoms with Crippen LogP contribution in [0, 0.1) is 0 Å². The van der Waals surface area contributed by atoms with Gasteiger partial charge in [-0.15, -0.1) is 0 Å². The smallest absolute Gasteiger partial charge is 0.171 e. The van der Waals surface area contributed by atoms with Crippen LogP contribution in [0.4, 0.5) is 0 Å². The number of hydrogen-bond acceptors (Lipinski definition) is 3. The van der Waals surface area contributed by atoms with Crippen LogP contribution in [-0.2, 0) is 4.57 Å². The minimum atomic E-state index is -3.19. The van der Waals surface area contributed by atoms with Crippen molar-refractivity contribution in [2.24, 2.45) is 0 Å². The molecule has 0 spiro atoms. The maximum absolute atomic E-state index is 15.4. The minimum Gasteiger partial charge on any atom is -0.455 e. The summed E-state index contributed by atoms with van der Waals surface area (Å²) in [5.41, 5.74) is 6.41. The number of nitrogens with zero attached hydrogens (tertiary/aromatic N) is 1. The van der Waals surface area contributed by atoms with Gasteiger partial charge in [0.2, 0.25) is 0 Å². The van der Waals surface area contributed by atoms with Crippen LogP contribution in [-0.4, -0.2) is 4.98 Å². The predicted molar refractivity (Wildman–Crippen MR) is 197 cm³/mol. The van der Waals surface area contributed by atoms with Gasteiger partial charge in [0.25, 0.3) is 0 Å². The third kappa shape index (κ3) is 4.35. The van der Waals surface area contributed by atoms with E-state index in [9.17, 15) is 0 Å². The molecule has 3 nitrogen and oxygen atoms in total. The molecule has 0 atom stereocenters. The number of furan rings is 1. The van der Waals surface area contributed by atoms with Gasteiger partial charge >= 0.3 is 0 Å². The van der Waals surface area contributed by atoms with Crippen molar-refractivity contribution in [3.8, 4) is 22.4 Å². The van der Waals surface area contributed by atoms with E-state index in [1.54, 1.807) is 0 Å². The number of rotatable bonds is 5. The Balaban J connectivity index is 1.40. The Kier molecular flexibility index (Phi) is 6.41. The quantitative estimate of drug-likeness (QED) is 0.142. The molecule has 0 saturated heterocycles. The third-order valence-electron chi connectivity index (χ3n) is 9.12. The highest BCUT2D eigenvalue weighted by Crippen LogP contribution is 2.47. The molecule has 0 fully saturated rings. The van der Waals surface area contributed by atoms with E-state index in [1.165, 1.54) is 0 Å². The molecule has 9 aromatic rings. The SMILES string of the molecule is O=P(c1ccccc1)(c1ccccc1)c1cccc(-c2cc3c(-c4ccccc4)nc4ccccc4c3c3c2oc2ccccc23)c1. The minimum absolute atomic E-state index is 0.775. The van der Waals surface area contributed by atoms with E-state index in [-0.39, 0.29) is 0 Å². The highest BCUT2D eigenvalue weighted by Gasteiger charge is 2.30. The molecule has 7 aromatic carbocycles. The van der Waals surface area contributed by atoms with Crippen LogP contribution in [0.25, 0.3) is 66.0 Å². The first-order valence-electron chi connectivity index (χ1n) is 15.7. The topological polar surface area (TPSA) is 43.1 Å². The lowest BCUT2D eigenvalue weighted by Crippen LogP contribution is -2.25. The lowest BCUT2D eigenvalue weighted by Gasteiger charge is -2.21. The Morgan fingerprint density at radius 2 is 1.04 bits per heavy atom. The molecule has 2 heterocycles. The van der Waals surface area contributed by atoms with Crippen molar-refractivity contribution in [1.29, 1.82) is 0 Å². The molecule has 4 heteroatoms. The number of hydrogen-bond donors (Lipinski definition) is 0. The van der Waals surface area contributed by atoms with Crippen molar-refractivity contribution in [2.45, 2.75) is 0 Å². The number of aromatic nitrogens is 1. The van der Waals surface area contributed by atoms with Crippen molar-refractivity contribution < 1.29 is 8.98 Å². The Labute approximate surface area is 272 Å². The molecule has 0 aliphatic carbocycles. The molecule has 222 valence electrons. The zero-order valence-corrected chi connectivity index (χ0v) is 26.3. The summed E-state index contributed by atoms with van der Waals surface area (Å²) in [6.07, 6.45) is 0. The Hall–Kier alpha value is -5.76. The van der Waals surface area contributed by atoms with E-state index < -0.39 is 7.14 Å². The lowest BCUT2D eigenvalue weighted by molar-refractivity contribution is 0.592. The monoisotopic (exact) mass is 621 g/mol. The summed E-state index contributed by atoms with van der Waals surface area (Å²) in [7, 11) is -3.19. The molecule has 0 unspecified atom stereocenters. The second-order valence-electron chi connectivity index (χ2n) is 11.8. The lowest BCUT2D eigenvalue weighted by atomic mass is 9.92. The van der Waals surface area contributed by atoms with Crippen molar-refractivity contribution >= 4 is 66.7 Å². The molecule has 0 N–H and O–H groups in total. The summed E-state index contributed by atoms with van der Waals surface area (Å²) in [6.45, 7) is 0. The van der Waals surface area contributed by atoms with E-state index in [0.717, 1.165) is 81.9 Å². The van der Waals surface area contributed by atoms with Gasteiger partial charge in [0.05, 0.1) is 11.2 Å². The number of pyridine rings is 1. The first-order valence-corrected chi connectivity index (χ1v) is 17.5. The van der Waals surface area contributed by atoms with E-state index in [1.807, 2.05) is 97.1 Å². The summed E-state index contributed by atoms with van der Waals surface area (Å²) in [6, 6.07) is 57.0. The summed E-state index contributed by atoms with van der Waals surface area (Å²) in [5.74, 6) is 0. The molecule has 0 amide bonds. The van der Waals surface area contributed by atoms with Gasteiger partial charge in [0.1, 0.15) is 11.2 Å². The summed E-state index contributed by atoms with van der Waals surface area (Å²) < 4.78 is 22.1. The zero-order valence-electron chi connectivity index (χ0n) is 25.4. The van der Waals surface area contributed by atoms with Crippen LogP contribution < -0.4 is 15.9 Å². The van der Waals surface area contributed by atoms with Gasteiger partial charge in [-0.1, -0.05) is 146 Å². The predicted octanol–water partition coefficient (Wildman–Crippen LogP) is 10.3. The van der Waals surface area contributed by atoms with Crippen LogP contribution in [0.3, 0.4) is 0 Å². The fourth-order valence-electron chi connectivity index (χ4n) is 6.95. The second-order valence-corrected chi connectivity index (χ2v) is 14.6. The molecule has 0 radical (unpaired) electrons. The Bertz CT molecular complexity index is 2600. The molecule has 0 saturated carbocycles. The van der Waals surface area contributed by atoms with Gasteiger partial charge in [-0.2, -0.15) is 0 Å². The van der Waals surface area contributed by atoms with E-state index in [4.69, 9.17) is 9.40 Å². The number of fused-ring (bicyclic) bond motifs is 7. The third-order valence-corrected chi connectivity index (χ3v) is 12.2. The fourth-order valence-corrected chi connectivity index (χ4v) is 9.65. The molecular formula is C43H28NO2P. The van der Waals surface area contributed by atoms with Crippen LogP contribution in [0.1, 0.15) is 0 Å². The number of para-hydroxylation sites is 2. The zero-order chi connectivity index (χ0) is 31.4. The van der Waals surface area contributed by atoms with Gasteiger partial charge in [0.15, 0.2) is 7.14 Å². The molecule has 0 aliphatic heterocycles. The Morgan fingerprint density at radius 3 is 1.77 bits per heavy atom. The maximum Gasteiger partial charge on any atom is 0.171 e. The number of benzene rings is 7. The van der Waals surface area contributed by atoms with Gasteiger partial charge in [-0.3, -0.25) is 0 Å².